The SMILES string of the molecule is FC(F)(F)C1(c2ccc(Cl)cn2)Nc2c(cccc2C2CCNCC2)O1. The Morgan fingerprint density at radius 2 is 1.92 bits per heavy atom. The molecule has 26 heavy (non-hydrogen) atoms. The van der Waals surface area contributed by atoms with Crippen molar-refractivity contribution in [1.82, 2.24) is 10.3 Å². The van der Waals surface area contributed by atoms with E-state index in [-0.39, 0.29) is 22.4 Å². The van der Waals surface area contributed by atoms with E-state index >= 15 is 0 Å². The summed E-state index contributed by atoms with van der Waals surface area (Å²) < 4.78 is 47.7. The summed E-state index contributed by atoms with van der Waals surface area (Å²) in [4.78, 5) is 3.87. The summed E-state index contributed by atoms with van der Waals surface area (Å²) in [7, 11) is 0. The summed E-state index contributed by atoms with van der Waals surface area (Å²) >= 11 is 5.78. The summed E-state index contributed by atoms with van der Waals surface area (Å²) in [5.74, 6) is 0.375. The number of alkyl halides is 3. The first-order valence-corrected chi connectivity index (χ1v) is 8.78. The third-order valence-corrected chi connectivity index (χ3v) is 5.11. The standard InChI is InChI=1S/C18H17ClF3N3O/c19-12-4-5-15(24-10-12)17(18(20,21)22)25-16-13(2-1-3-14(16)26-17)11-6-8-23-9-7-11/h1-5,10-11,23,25H,6-9H2. The van der Waals surface area contributed by atoms with Gasteiger partial charge in [0.2, 0.25) is 0 Å². The minimum atomic E-state index is -4.71. The molecule has 2 aliphatic rings. The number of hydrogen-bond donors (Lipinski definition) is 2. The second kappa shape index (κ2) is 6.32. The Kier molecular flexibility index (Phi) is 4.23. The maximum atomic E-state index is 14.1. The number of hydrogen-bond acceptors (Lipinski definition) is 4. The van der Waals surface area contributed by atoms with E-state index in [1.165, 1.54) is 18.3 Å². The summed E-state index contributed by atoms with van der Waals surface area (Å²) in [6.07, 6.45) is -1.78. The molecule has 4 rings (SSSR count). The summed E-state index contributed by atoms with van der Waals surface area (Å²) in [5, 5.41) is 6.15. The van der Waals surface area contributed by atoms with Gasteiger partial charge in [-0.3, -0.25) is 4.98 Å². The average molecular weight is 384 g/mol. The monoisotopic (exact) mass is 383 g/mol. The Morgan fingerprint density at radius 1 is 1.15 bits per heavy atom. The van der Waals surface area contributed by atoms with Crippen molar-refractivity contribution >= 4 is 17.3 Å². The van der Waals surface area contributed by atoms with E-state index in [0.717, 1.165) is 31.5 Å². The maximum Gasteiger partial charge on any atom is 0.455 e. The van der Waals surface area contributed by atoms with Gasteiger partial charge < -0.3 is 15.4 Å². The van der Waals surface area contributed by atoms with E-state index in [4.69, 9.17) is 16.3 Å². The minimum absolute atomic E-state index is 0.185. The molecule has 0 amide bonds. The Bertz CT molecular complexity index is 806. The summed E-state index contributed by atoms with van der Waals surface area (Å²) in [5.41, 5.74) is -1.75. The molecule has 1 fully saturated rings. The number of fused-ring (bicyclic) bond motifs is 1. The zero-order valence-corrected chi connectivity index (χ0v) is 14.5. The molecule has 4 nitrogen and oxygen atoms in total. The fourth-order valence-corrected chi connectivity index (χ4v) is 3.69. The molecule has 2 aromatic rings. The lowest BCUT2D eigenvalue weighted by Gasteiger charge is -2.31. The second-order valence-electron chi connectivity index (χ2n) is 6.51. The average Bonchev–Trinajstić information content (AvgIpc) is 3.04. The van der Waals surface area contributed by atoms with Gasteiger partial charge in [-0.1, -0.05) is 23.7 Å². The zero-order chi connectivity index (χ0) is 18.4. The highest BCUT2D eigenvalue weighted by Gasteiger charge is 2.63. The maximum absolute atomic E-state index is 14.1. The molecular formula is C18H17ClF3N3O. The van der Waals surface area contributed by atoms with Crippen molar-refractivity contribution in [2.45, 2.75) is 30.7 Å². The van der Waals surface area contributed by atoms with Crippen LogP contribution in [-0.2, 0) is 5.72 Å². The second-order valence-corrected chi connectivity index (χ2v) is 6.95. The van der Waals surface area contributed by atoms with Crippen molar-refractivity contribution in [3.8, 4) is 5.75 Å². The smallest absolute Gasteiger partial charge is 0.451 e. The summed E-state index contributed by atoms with van der Waals surface area (Å²) in [6.45, 7) is 1.69. The Balaban J connectivity index is 1.78. The molecule has 0 spiro atoms. The molecule has 1 unspecified atom stereocenters. The van der Waals surface area contributed by atoms with E-state index in [2.05, 4.69) is 15.6 Å². The van der Waals surface area contributed by atoms with Crippen LogP contribution in [0.4, 0.5) is 18.9 Å². The van der Waals surface area contributed by atoms with Crippen LogP contribution in [-0.4, -0.2) is 24.2 Å². The van der Waals surface area contributed by atoms with Crippen molar-refractivity contribution < 1.29 is 17.9 Å². The van der Waals surface area contributed by atoms with Gasteiger partial charge in [-0.15, -0.1) is 0 Å². The molecule has 0 radical (unpaired) electrons. The van der Waals surface area contributed by atoms with Gasteiger partial charge in [-0.25, -0.2) is 0 Å². The number of rotatable bonds is 2. The van der Waals surface area contributed by atoms with Crippen LogP contribution >= 0.6 is 11.6 Å². The molecule has 1 aromatic carbocycles. The van der Waals surface area contributed by atoms with Crippen LogP contribution in [0.1, 0.15) is 30.0 Å². The van der Waals surface area contributed by atoms with E-state index in [0.29, 0.717) is 5.69 Å². The van der Waals surface area contributed by atoms with Gasteiger partial charge in [0.1, 0.15) is 11.4 Å². The molecule has 138 valence electrons. The number of benzene rings is 1. The van der Waals surface area contributed by atoms with Gasteiger partial charge in [-0.2, -0.15) is 13.2 Å². The molecule has 1 saturated heterocycles. The number of nitrogens with one attached hydrogen (secondary N) is 2. The van der Waals surface area contributed by atoms with Crippen LogP contribution in [0, 0.1) is 0 Å². The topological polar surface area (TPSA) is 46.2 Å². The molecule has 2 N–H and O–H groups in total. The van der Waals surface area contributed by atoms with Crippen molar-refractivity contribution in [2.24, 2.45) is 0 Å². The first-order chi connectivity index (χ1) is 12.4. The highest BCUT2D eigenvalue weighted by atomic mass is 35.5. The molecule has 3 heterocycles. The van der Waals surface area contributed by atoms with Crippen LogP contribution in [0.25, 0.3) is 0 Å². The highest BCUT2D eigenvalue weighted by molar-refractivity contribution is 6.30. The zero-order valence-electron chi connectivity index (χ0n) is 13.7. The molecule has 0 bridgehead atoms. The van der Waals surface area contributed by atoms with E-state index in [1.54, 1.807) is 12.1 Å². The summed E-state index contributed by atoms with van der Waals surface area (Å²) in [6, 6.07) is 7.76. The predicted octanol–water partition coefficient (Wildman–Crippen LogP) is 4.42. The van der Waals surface area contributed by atoms with Crippen LogP contribution in [0.3, 0.4) is 0 Å². The number of anilines is 1. The third-order valence-electron chi connectivity index (χ3n) is 4.89. The van der Waals surface area contributed by atoms with Crippen molar-refractivity contribution in [3.63, 3.8) is 0 Å². The normalized spacial score (nSPS) is 23.2. The number of aromatic nitrogens is 1. The number of piperidine rings is 1. The van der Waals surface area contributed by atoms with Crippen LogP contribution in [0.5, 0.6) is 5.75 Å². The highest BCUT2D eigenvalue weighted by Crippen LogP contribution is 2.52. The lowest BCUT2D eigenvalue weighted by Crippen LogP contribution is -2.51. The van der Waals surface area contributed by atoms with Crippen LogP contribution < -0.4 is 15.4 Å². The molecule has 0 aliphatic carbocycles. The first kappa shape index (κ1) is 17.4. The van der Waals surface area contributed by atoms with Gasteiger partial charge in [-0.05, 0) is 55.6 Å². The van der Waals surface area contributed by atoms with Gasteiger partial charge >= 0.3 is 11.9 Å². The van der Waals surface area contributed by atoms with E-state index < -0.39 is 11.9 Å². The van der Waals surface area contributed by atoms with E-state index in [9.17, 15) is 13.2 Å². The fourth-order valence-electron chi connectivity index (χ4n) is 3.58. The van der Waals surface area contributed by atoms with Crippen molar-refractivity contribution in [3.05, 3.63) is 52.8 Å². The van der Waals surface area contributed by atoms with Gasteiger partial charge in [0.15, 0.2) is 0 Å². The number of para-hydroxylation sites is 1. The van der Waals surface area contributed by atoms with Gasteiger partial charge in [0.25, 0.3) is 0 Å². The third kappa shape index (κ3) is 2.79. The number of halogens is 4. The molecule has 8 heteroatoms. The molecular weight excluding hydrogens is 367 g/mol. The van der Waals surface area contributed by atoms with Crippen LogP contribution in [0.2, 0.25) is 5.02 Å². The Labute approximate surface area is 153 Å². The Morgan fingerprint density at radius 3 is 2.58 bits per heavy atom. The quantitative estimate of drug-likeness (QED) is 0.805. The van der Waals surface area contributed by atoms with E-state index in [1.807, 2.05) is 6.07 Å². The molecule has 0 saturated carbocycles. The number of pyridine rings is 1. The van der Waals surface area contributed by atoms with Crippen molar-refractivity contribution in [2.75, 3.05) is 18.4 Å². The number of ether oxygens (including phenoxy) is 1. The predicted molar refractivity (Wildman–Crippen MR) is 92.5 cm³/mol. The largest absolute Gasteiger partial charge is 0.455 e. The lowest BCUT2D eigenvalue weighted by atomic mass is 9.89. The minimum Gasteiger partial charge on any atom is -0.451 e. The fraction of sp³-hybridized carbons (Fsp3) is 0.389. The Hall–Kier alpha value is -1.99. The van der Waals surface area contributed by atoms with Gasteiger partial charge in [0.05, 0.1) is 10.7 Å². The number of nitrogens with zero attached hydrogens (tertiary/aromatic N) is 1. The van der Waals surface area contributed by atoms with Crippen LogP contribution in [0.15, 0.2) is 36.5 Å². The molecule has 1 atom stereocenters. The molecule has 1 aromatic heterocycles. The lowest BCUT2D eigenvalue weighted by molar-refractivity contribution is -0.239. The first-order valence-electron chi connectivity index (χ1n) is 8.40. The van der Waals surface area contributed by atoms with Gasteiger partial charge in [0, 0.05) is 6.20 Å². The van der Waals surface area contributed by atoms with Crippen molar-refractivity contribution in [1.29, 1.82) is 0 Å². The molecule has 2 aliphatic heterocycles.